The van der Waals surface area contributed by atoms with Gasteiger partial charge in [0.05, 0.1) is 5.92 Å². The zero-order valence-electron chi connectivity index (χ0n) is 9.43. The van der Waals surface area contributed by atoms with Crippen molar-refractivity contribution in [2.24, 2.45) is 5.92 Å². The molecule has 1 unspecified atom stereocenters. The molecule has 17 heavy (non-hydrogen) atoms. The second kappa shape index (κ2) is 5.65. The molecule has 1 aromatic rings. The topological polar surface area (TPSA) is 46.5 Å². The van der Waals surface area contributed by atoms with Crippen molar-refractivity contribution in [3.05, 3.63) is 34.3 Å². The smallest absolute Gasteiger partial charge is 0.311 e. The molecule has 0 radical (unpaired) electrons. The Balaban J connectivity index is 2.25. The molecule has 1 aliphatic rings. The highest BCUT2D eigenvalue weighted by atomic mass is 79.9. The maximum atomic E-state index is 11.5. The maximum Gasteiger partial charge on any atom is 0.311 e. The van der Waals surface area contributed by atoms with Gasteiger partial charge in [0.1, 0.15) is 0 Å². The summed E-state index contributed by atoms with van der Waals surface area (Å²) in [5, 5.41) is 9.41. The minimum atomic E-state index is -0.741. The third-order valence-electron chi connectivity index (χ3n) is 3.21. The molecule has 1 saturated heterocycles. The highest BCUT2D eigenvalue weighted by molar-refractivity contribution is 9.10. The normalized spacial score (nSPS) is 18.9. The van der Waals surface area contributed by atoms with Crippen LogP contribution in [0.1, 0.15) is 24.3 Å². The minimum absolute atomic E-state index is 0.176. The van der Waals surface area contributed by atoms with Gasteiger partial charge in [-0.25, -0.2) is 0 Å². The van der Waals surface area contributed by atoms with Crippen molar-refractivity contribution in [2.75, 3.05) is 13.2 Å². The lowest BCUT2D eigenvalue weighted by molar-refractivity contribution is -0.141. The summed E-state index contributed by atoms with van der Waals surface area (Å²) in [4.78, 5) is 11.5. The van der Waals surface area contributed by atoms with Crippen LogP contribution in [-0.2, 0) is 9.53 Å². The lowest BCUT2D eigenvalue weighted by Gasteiger charge is -2.27. The van der Waals surface area contributed by atoms with E-state index >= 15 is 0 Å². The molecule has 1 atom stereocenters. The molecule has 0 spiro atoms. The van der Waals surface area contributed by atoms with Crippen molar-refractivity contribution in [3.63, 3.8) is 0 Å². The zero-order chi connectivity index (χ0) is 12.3. The predicted octanol–water partition coefficient (Wildman–Crippen LogP) is 3.04. The van der Waals surface area contributed by atoms with Crippen molar-refractivity contribution >= 4 is 21.9 Å². The van der Waals surface area contributed by atoms with Gasteiger partial charge in [0, 0.05) is 17.7 Å². The molecule has 0 aliphatic carbocycles. The summed E-state index contributed by atoms with van der Waals surface area (Å²) < 4.78 is 6.21. The molecule has 92 valence electrons. The third-order valence-corrected chi connectivity index (χ3v) is 3.70. The molecule has 0 aromatic heterocycles. The van der Waals surface area contributed by atoms with E-state index < -0.39 is 11.9 Å². The molecule has 0 bridgehead atoms. The number of rotatable bonds is 3. The third kappa shape index (κ3) is 3.07. The summed E-state index contributed by atoms with van der Waals surface area (Å²) >= 11 is 3.39. The molecule has 3 nitrogen and oxygen atoms in total. The van der Waals surface area contributed by atoms with E-state index in [0.29, 0.717) is 13.2 Å². The Hall–Kier alpha value is -0.870. The number of carboxylic acids is 1. The fourth-order valence-electron chi connectivity index (χ4n) is 2.37. The van der Waals surface area contributed by atoms with Gasteiger partial charge in [0.25, 0.3) is 0 Å². The molecule has 1 N–H and O–H groups in total. The molecular formula is C13H15BrO3. The van der Waals surface area contributed by atoms with Crippen molar-refractivity contribution in [2.45, 2.75) is 18.8 Å². The van der Waals surface area contributed by atoms with Crippen molar-refractivity contribution in [1.82, 2.24) is 0 Å². The van der Waals surface area contributed by atoms with Crippen LogP contribution >= 0.6 is 15.9 Å². The molecule has 1 aliphatic heterocycles. The second-order valence-corrected chi connectivity index (χ2v) is 5.24. The van der Waals surface area contributed by atoms with Crippen LogP contribution in [0.15, 0.2) is 28.7 Å². The van der Waals surface area contributed by atoms with Crippen molar-refractivity contribution in [3.8, 4) is 0 Å². The second-order valence-electron chi connectivity index (χ2n) is 4.32. The SMILES string of the molecule is O=C(O)C(c1cccc(Br)c1)C1CCOCC1. The quantitative estimate of drug-likeness (QED) is 0.933. The van der Waals surface area contributed by atoms with Crippen LogP contribution < -0.4 is 0 Å². The summed E-state index contributed by atoms with van der Waals surface area (Å²) in [6.07, 6.45) is 1.65. The Morgan fingerprint density at radius 3 is 2.71 bits per heavy atom. The summed E-state index contributed by atoms with van der Waals surface area (Å²) in [6, 6.07) is 7.58. The molecule has 1 heterocycles. The fraction of sp³-hybridized carbons (Fsp3) is 0.462. The molecule has 0 amide bonds. The van der Waals surface area contributed by atoms with Gasteiger partial charge in [-0.2, -0.15) is 0 Å². The van der Waals surface area contributed by atoms with E-state index in [-0.39, 0.29) is 5.92 Å². The number of hydrogen-bond donors (Lipinski definition) is 1. The molecular weight excluding hydrogens is 284 g/mol. The van der Waals surface area contributed by atoms with Crippen LogP contribution in [0.2, 0.25) is 0 Å². The van der Waals surface area contributed by atoms with E-state index in [2.05, 4.69) is 15.9 Å². The first-order chi connectivity index (χ1) is 8.18. The number of carbonyl (C=O) groups is 1. The predicted molar refractivity (Wildman–Crippen MR) is 68.1 cm³/mol. The lowest BCUT2D eigenvalue weighted by Crippen LogP contribution is -2.27. The monoisotopic (exact) mass is 298 g/mol. The average molecular weight is 299 g/mol. The largest absolute Gasteiger partial charge is 0.481 e. The molecule has 1 fully saturated rings. The standard InChI is InChI=1S/C13H15BrO3/c14-11-3-1-2-10(8-11)12(13(15)16)9-4-6-17-7-5-9/h1-3,8-9,12H,4-7H2,(H,15,16). The summed E-state index contributed by atoms with van der Waals surface area (Å²) in [5.74, 6) is -0.984. The van der Waals surface area contributed by atoms with E-state index in [0.717, 1.165) is 22.9 Å². The van der Waals surface area contributed by atoms with Gasteiger partial charge in [0.15, 0.2) is 0 Å². The van der Waals surface area contributed by atoms with Crippen LogP contribution in [0.3, 0.4) is 0 Å². The van der Waals surface area contributed by atoms with Gasteiger partial charge in [0.2, 0.25) is 0 Å². The van der Waals surface area contributed by atoms with Crippen molar-refractivity contribution in [1.29, 1.82) is 0 Å². The number of carboxylic acid groups (broad SMARTS) is 1. The zero-order valence-corrected chi connectivity index (χ0v) is 11.0. The number of aliphatic carboxylic acids is 1. The van der Waals surface area contributed by atoms with Crippen LogP contribution in [0.5, 0.6) is 0 Å². The summed E-state index contributed by atoms with van der Waals surface area (Å²) in [7, 11) is 0. The van der Waals surface area contributed by atoms with E-state index in [1.165, 1.54) is 0 Å². The number of ether oxygens (including phenoxy) is 1. The van der Waals surface area contributed by atoms with E-state index in [1.807, 2.05) is 24.3 Å². The van der Waals surface area contributed by atoms with Crippen molar-refractivity contribution < 1.29 is 14.6 Å². The highest BCUT2D eigenvalue weighted by Crippen LogP contribution is 2.33. The van der Waals surface area contributed by atoms with Gasteiger partial charge < -0.3 is 9.84 Å². The summed E-state index contributed by atoms with van der Waals surface area (Å²) in [5.41, 5.74) is 0.874. The first-order valence-electron chi connectivity index (χ1n) is 5.74. The lowest BCUT2D eigenvalue weighted by atomic mass is 9.81. The van der Waals surface area contributed by atoms with Gasteiger partial charge in [-0.1, -0.05) is 28.1 Å². The maximum absolute atomic E-state index is 11.5. The number of benzene rings is 1. The van der Waals surface area contributed by atoms with Crippen LogP contribution in [-0.4, -0.2) is 24.3 Å². The fourth-order valence-corrected chi connectivity index (χ4v) is 2.78. The number of hydrogen-bond acceptors (Lipinski definition) is 2. The number of halogens is 1. The highest BCUT2D eigenvalue weighted by Gasteiger charge is 2.31. The average Bonchev–Trinajstić information content (AvgIpc) is 2.30. The first kappa shape index (κ1) is 12.6. The van der Waals surface area contributed by atoms with Crippen LogP contribution in [0, 0.1) is 5.92 Å². The Labute approximate surface area is 109 Å². The van der Waals surface area contributed by atoms with E-state index in [4.69, 9.17) is 4.74 Å². The Bertz CT molecular complexity index is 399. The van der Waals surface area contributed by atoms with Gasteiger partial charge in [-0.15, -0.1) is 0 Å². The van der Waals surface area contributed by atoms with E-state index in [1.54, 1.807) is 0 Å². The Morgan fingerprint density at radius 1 is 1.41 bits per heavy atom. The van der Waals surface area contributed by atoms with Crippen LogP contribution in [0.25, 0.3) is 0 Å². The molecule has 4 heteroatoms. The van der Waals surface area contributed by atoms with E-state index in [9.17, 15) is 9.90 Å². The molecule has 2 rings (SSSR count). The molecule has 1 aromatic carbocycles. The summed E-state index contributed by atoms with van der Waals surface area (Å²) in [6.45, 7) is 1.34. The van der Waals surface area contributed by atoms with Gasteiger partial charge >= 0.3 is 5.97 Å². The molecule has 0 saturated carbocycles. The first-order valence-corrected chi connectivity index (χ1v) is 6.54. The Morgan fingerprint density at radius 2 is 2.12 bits per heavy atom. The Kier molecular flexibility index (Phi) is 4.18. The minimum Gasteiger partial charge on any atom is -0.481 e. The van der Waals surface area contributed by atoms with Gasteiger partial charge in [-0.3, -0.25) is 4.79 Å². The van der Waals surface area contributed by atoms with Crippen LogP contribution in [0.4, 0.5) is 0 Å². The van der Waals surface area contributed by atoms with Gasteiger partial charge in [-0.05, 0) is 36.5 Å².